The van der Waals surface area contributed by atoms with Gasteiger partial charge in [0.1, 0.15) is 12.2 Å². The van der Waals surface area contributed by atoms with E-state index in [0.717, 1.165) is 38.5 Å². The first-order valence-corrected chi connectivity index (χ1v) is 20.9. The molecule has 5 N–H and O–H groups in total. The maximum absolute atomic E-state index is 12.5. The predicted molar refractivity (Wildman–Crippen MR) is 201 cm³/mol. The molecule has 282 valence electrons. The van der Waals surface area contributed by atoms with Crippen molar-refractivity contribution < 1.29 is 25.2 Å². The monoisotopic (exact) mass is 670 g/mol. The molecule has 0 saturated heterocycles. The first-order valence-electron chi connectivity index (χ1n) is 20.9. The van der Waals surface area contributed by atoms with Gasteiger partial charge in [0.15, 0.2) is 0 Å². The smallest absolute Gasteiger partial charge is 0.249 e. The Bertz CT molecular complexity index is 633. The van der Waals surface area contributed by atoms with Crippen LogP contribution < -0.4 is 5.32 Å². The molecule has 6 heteroatoms. The van der Waals surface area contributed by atoms with E-state index in [1.54, 1.807) is 0 Å². The molecule has 4 atom stereocenters. The fraction of sp³-hybridized carbons (Fsp3) is 0.976. The summed E-state index contributed by atoms with van der Waals surface area (Å²) in [5.74, 6) is -0.580. The van der Waals surface area contributed by atoms with Crippen LogP contribution in [0.25, 0.3) is 0 Å². The highest BCUT2D eigenvalue weighted by Gasteiger charge is 2.28. The summed E-state index contributed by atoms with van der Waals surface area (Å²) in [5.41, 5.74) is 0. The van der Waals surface area contributed by atoms with Gasteiger partial charge in [-0.2, -0.15) is 0 Å². The molecule has 0 saturated carbocycles. The van der Waals surface area contributed by atoms with Crippen molar-refractivity contribution in [2.75, 3.05) is 6.61 Å². The van der Waals surface area contributed by atoms with Crippen LogP contribution in [0.5, 0.6) is 0 Å². The number of rotatable bonds is 38. The van der Waals surface area contributed by atoms with Crippen molar-refractivity contribution in [2.24, 2.45) is 0 Å². The minimum absolute atomic E-state index is 0.375. The lowest BCUT2D eigenvalue weighted by atomic mass is 9.99. The number of unbranched alkanes of at least 4 members (excludes halogenated alkanes) is 29. The quantitative estimate of drug-likeness (QED) is 0.0420. The Labute approximate surface area is 292 Å². The largest absolute Gasteiger partial charge is 0.394 e. The van der Waals surface area contributed by atoms with Gasteiger partial charge in [-0.1, -0.05) is 213 Å². The van der Waals surface area contributed by atoms with Crippen LogP contribution in [-0.4, -0.2) is 57.3 Å². The number of carbonyl (C=O) groups is 1. The van der Waals surface area contributed by atoms with Gasteiger partial charge in [0.05, 0.1) is 18.8 Å². The van der Waals surface area contributed by atoms with Crippen LogP contribution in [0.15, 0.2) is 0 Å². The van der Waals surface area contributed by atoms with Crippen molar-refractivity contribution in [3.63, 3.8) is 0 Å². The first-order chi connectivity index (χ1) is 23.0. The summed E-state index contributed by atoms with van der Waals surface area (Å²) < 4.78 is 0. The highest BCUT2D eigenvalue weighted by Crippen LogP contribution is 2.17. The summed E-state index contributed by atoms with van der Waals surface area (Å²) in [5, 5.41) is 43.6. The normalized spacial score (nSPS) is 14.3. The maximum atomic E-state index is 12.5. The lowest BCUT2D eigenvalue weighted by molar-refractivity contribution is -0.132. The number of carbonyl (C=O) groups excluding carboxylic acids is 1. The van der Waals surface area contributed by atoms with Crippen molar-refractivity contribution in [1.29, 1.82) is 0 Å². The van der Waals surface area contributed by atoms with Gasteiger partial charge in [-0.25, -0.2) is 0 Å². The molecule has 0 aliphatic rings. The lowest BCUT2D eigenvalue weighted by Crippen LogP contribution is -2.53. The molecular weight excluding hydrogens is 586 g/mol. The molecule has 47 heavy (non-hydrogen) atoms. The average molecular weight is 670 g/mol. The Balaban J connectivity index is 3.70. The second kappa shape index (κ2) is 36.6. The maximum Gasteiger partial charge on any atom is 0.249 e. The molecular formula is C41H83NO5. The van der Waals surface area contributed by atoms with E-state index in [1.165, 1.54) is 161 Å². The first kappa shape index (κ1) is 46.3. The number of amides is 1. The van der Waals surface area contributed by atoms with Gasteiger partial charge >= 0.3 is 0 Å². The molecule has 0 rings (SSSR count). The van der Waals surface area contributed by atoms with Crippen molar-refractivity contribution >= 4 is 5.91 Å². The number of aliphatic hydroxyl groups excluding tert-OH is 4. The van der Waals surface area contributed by atoms with E-state index in [0.29, 0.717) is 12.8 Å². The standard InChI is InChI=1S/C41H83NO5/c1-3-5-7-9-11-13-15-17-18-19-20-21-22-23-25-27-29-31-33-35-39(45)41(47)42-37(36-43)40(46)38(44)34-32-30-28-26-24-16-14-12-10-8-6-4-2/h37-40,43-46H,3-36H2,1-2H3,(H,42,47). The molecule has 0 heterocycles. The van der Waals surface area contributed by atoms with Gasteiger partial charge in [-0.3, -0.25) is 4.79 Å². The van der Waals surface area contributed by atoms with Gasteiger partial charge in [0.25, 0.3) is 0 Å². The molecule has 0 spiro atoms. The fourth-order valence-corrected chi connectivity index (χ4v) is 6.70. The molecule has 6 nitrogen and oxygen atoms in total. The number of hydrogen-bond donors (Lipinski definition) is 5. The number of nitrogens with one attached hydrogen (secondary N) is 1. The van der Waals surface area contributed by atoms with Gasteiger partial charge in [-0.15, -0.1) is 0 Å². The van der Waals surface area contributed by atoms with Gasteiger partial charge in [-0.05, 0) is 12.8 Å². The van der Waals surface area contributed by atoms with E-state index in [9.17, 15) is 25.2 Å². The molecule has 0 aromatic heterocycles. The Morgan fingerprint density at radius 1 is 0.447 bits per heavy atom. The van der Waals surface area contributed by atoms with Gasteiger partial charge < -0.3 is 25.7 Å². The molecule has 0 fully saturated rings. The van der Waals surface area contributed by atoms with Crippen LogP contribution in [-0.2, 0) is 4.79 Å². The Morgan fingerprint density at radius 3 is 1.02 bits per heavy atom. The molecule has 1 amide bonds. The van der Waals surface area contributed by atoms with E-state index in [1.807, 2.05) is 0 Å². The highest BCUT2D eigenvalue weighted by molar-refractivity contribution is 5.80. The summed E-state index contributed by atoms with van der Waals surface area (Å²) in [7, 11) is 0. The molecule has 0 radical (unpaired) electrons. The summed E-state index contributed by atoms with van der Waals surface area (Å²) in [4.78, 5) is 12.5. The lowest BCUT2D eigenvalue weighted by Gasteiger charge is -2.27. The minimum Gasteiger partial charge on any atom is -0.394 e. The number of hydrogen-bond acceptors (Lipinski definition) is 5. The zero-order valence-electron chi connectivity index (χ0n) is 31.5. The predicted octanol–water partition coefficient (Wildman–Crippen LogP) is 10.5. The van der Waals surface area contributed by atoms with E-state index >= 15 is 0 Å². The summed E-state index contributed by atoms with van der Waals surface area (Å²) in [6.07, 6.45) is 37.0. The van der Waals surface area contributed by atoms with Crippen LogP contribution >= 0.6 is 0 Å². The van der Waals surface area contributed by atoms with Crippen LogP contribution in [0.2, 0.25) is 0 Å². The Kier molecular flexibility index (Phi) is 36.0. The molecule has 0 aliphatic heterocycles. The minimum atomic E-state index is -1.25. The summed E-state index contributed by atoms with van der Waals surface area (Å²) in [6, 6.07) is -0.977. The van der Waals surface area contributed by atoms with Crippen LogP contribution in [0.1, 0.15) is 226 Å². The van der Waals surface area contributed by atoms with Crippen LogP contribution in [0.4, 0.5) is 0 Å². The van der Waals surface area contributed by atoms with Gasteiger partial charge in [0.2, 0.25) is 5.91 Å². The number of aliphatic hydroxyl groups is 4. The van der Waals surface area contributed by atoms with E-state index in [2.05, 4.69) is 19.2 Å². The third kappa shape index (κ3) is 31.1. The molecule has 4 unspecified atom stereocenters. The third-order valence-corrected chi connectivity index (χ3v) is 10.1. The average Bonchev–Trinajstić information content (AvgIpc) is 3.07. The fourth-order valence-electron chi connectivity index (χ4n) is 6.70. The molecule has 0 aromatic carbocycles. The second-order valence-electron chi connectivity index (χ2n) is 14.7. The zero-order valence-corrected chi connectivity index (χ0v) is 31.5. The van der Waals surface area contributed by atoms with Crippen LogP contribution in [0, 0.1) is 0 Å². The summed E-state index contributed by atoms with van der Waals surface area (Å²) >= 11 is 0. The summed E-state index contributed by atoms with van der Waals surface area (Å²) in [6.45, 7) is 4.05. The topological polar surface area (TPSA) is 110 Å². The van der Waals surface area contributed by atoms with E-state index in [4.69, 9.17) is 0 Å². The Hall–Kier alpha value is -0.690. The van der Waals surface area contributed by atoms with Gasteiger partial charge in [0, 0.05) is 0 Å². The second-order valence-corrected chi connectivity index (χ2v) is 14.7. The van der Waals surface area contributed by atoms with Crippen LogP contribution in [0.3, 0.4) is 0 Å². The van der Waals surface area contributed by atoms with Crippen molar-refractivity contribution in [3.05, 3.63) is 0 Å². The highest BCUT2D eigenvalue weighted by atomic mass is 16.3. The van der Waals surface area contributed by atoms with Crippen molar-refractivity contribution in [1.82, 2.24) is 5.32 Å². The Morgan fingerprint density at radius 2 is 0.723 bits per heavy atom. The van der Waals surface area contributed by atoms with E-state index < -0.39 is 36.9 Å². The molecule has 0 aliphatic carbocycles. The zero-order chi connectivity index (χ0) is 34.6. The van der Waals surface area contributed by atoms with E-state index in [-0.39, 0.29) is 0 Å². The SMILES string of the molecule is CCCCCCCCCCCCCCCCCCCCCC(O)C(=O)NC(CO)C(O)C(O)CCCCCCCCCCCCCC. The molecule has 0 aromatic rings. The van der Waals surface area contributed by atoms with Crippen molar-refractivity contribution in [3.8, 4) is 0 Å². The third-order valence-electron chi connectivity index (χ3n) is 10.1. The van der Waals surface area contributed by atoms with Crippen molar-refractivity contribution in [2.45, 2.75) is 250 Å². The molecule has 0 bridgehead atoms.